The van der Waals surface area contributed by atoms with Crippen LogP contribution in [0.15, 0.2) is 18.3 Å². The van der Waals surface area contributed by atoms with E-state index >= 15 is 0 Å². The smallest absolute Gasteiger partial charge is 0.225 e. The summed E-state index contributed by atoms with van der Waals surface area (Å²) in [5.41, 5.74) is 2.38. The number of alkyl halides is 1. The Morgan fingerprint density at radius 1 is 1.26 bits per heavy atom. The maximum absolute atomic E-state index is 13.1. The molecule has 2 aromatic heterocycles. The molecule has 0 saturated heterocycles. The third kappa shape index (κ3) is 7.47. The summed E-state index contributed by atoms with van der Waals surface area (Å²) in [7, 11) is 0. The Bertz CT molecular complexity index is 943. The number of amides is 1. The first kappa shape index (κ1) is 25.0. The van der Waals surface area contributed by atoms with Crippen molar-refractivity contribution < 1.29 is 13.9 Å². The fourth-order valence-electron chi connectivity index (χ4n) is 5.00. The van der Waals surface area contributed by atoms with Crippen LogP contribution in [-0.4, -0.2) is 59.2 Å². The van der Waals surface area contributed by atoms with Crippen LogP contribution in [-0.2, 0) is 24.1 Å². The lowest BCUT2D eigenvalue weighted by atomic mass is 9.84. The van der Waals surface area contributed by atoms with E-state index in [2.05, 4.69) is 26.3 Å². The number of hydrogen-bond acceptors (Lipinski definition) is 6. The number of nitrogens with one attached hydrogen (secondary N) is 1. The van der Waals surface area contributed by atoms with Gasteiger partial charge in [-0.3, -0.25) is 4.79 Å². The van der Waals surface area contributed by atoms with Gasteiger partial charge in [0.1, 0.15) is 12.8 Å². The van der Waals surface area contributed by atoms with Gasteiger partial charge in [-0.05, 0) is 70.4 Å². The fourth-order valence-corrected chi connectivity index (χ4v) is 5.79. The van der Waals surface area contributed by atoms with Gasteiger partial charge in [-0.1, -0.05) is 6.07 Å². The first-order valence-corrected chi connectivity index (χ1v) is 13.4. The fraction of sp³-hybridized carbons (Fsp3) is 0.654. The number of aromatic nitrogens is 2. The van der Waals surface area contributed by atoms with Crippen LogP contribution >= 0.6 is 11.3 Å². The minimum Gasteiger partial charge on any atom is -0.475 e. The maximum Gasteiger partial charge on any atom is 0.225 e. The largest absolute Gasteiger partial charge is 0.475 e. The quantitative estimate of drug-likeness (QED) is 0.570. The number of thiazole rings is 1. The normalized spacial score (nSPS) is 22.0. The zero-order valence-electron chi connectivity index (χ0n) is 20.4. The van der Waals surface area contributed by atoms with Crippen molar-refractivity contribution >= 4 is 17.2 Å². The molecule has 0 bridgehead atoms. The summed E-state index contributed by atoms with van der Waals surface area (Å²) in [6.45, 7) is 6.69. The van der Waals surface area contributed by atoms with Gasteiger partial charge < -0.3 is 15.0 Å². The third-order valence-electron chi connectivity index (χ3n) is 6.94. The van der Waals surface area contributed by atoms with E-state index in [1.165, 1.54) is 31.7 Å². The lowest BCUT2D eigenvalue weighted by Crippen LogP contribution is -2.38. The molecule has 4 rings (SSSR count). The molecule has 6 nitrogen and oxygen atoms in total. The van der Waals surface area contributed by atoms with Gasteiger partial charge in [0.05, 0.1) is 11.4 Å². The topological polar surface area (TPSA) is 67.4 Å². The third-order valence-corrected chi connectivity index (χ3v) is 7.85. The van der Waals surface area contributed by atoms with Crippen molar-refractivity contribution in [3.05, 3.63) is 39.5 Å². The van der Waals surface area contributed by atoms with E-state index in [0.29, 0.717) is 18.3 Å². The summed E-state index contributed by atoms with van der Waals surface area (Å²) in [6, 6.07) is 4.27. The number of carbonyl (C=O) groups excluding carboxylic acids is 1. The second kappa shape index (κ2) is 12.1. The molecule has 0 radical (unpaired) electrons. The van der Waals surface area contributed by atoms with E-state index in [1.54, 1.807) is 11.3 Å². The van der Waals surface area contributed by atoms with Crippen LogP contribution in [0.3, 0.4) is 0 Å². The van der Waals surface area contributed by atoms with Crippen LogP contribution in [0.25, 0.3) is 0 Å². The number of hydrogen-bond donors (Lipinski definition) is 1. The lowest BCUT2D eigenvalue weighted by molar-refractivity contribution is -0.121. The molecule has 186 valence electrons. The van der Waals surface area contributed by atoms with E-state index < -0.39 is 6.17 Å². The molecule has 1 atom stereocenters. The molecule has 2 aromatic rings. The number of nitrogens with zero attached hydrogens (tertiary/aromatic N) is 3. The first-order chi connectivity index (χ1) is 16.4. The van der Waals surface area contributed by atoms with Crippen molar-refractivity contribution in [2.45, 2.75) is 77.4 Å². The maximum atomic E-state index is 13.1. The second-order valence-corrected chi connectivity index (χ2v) is 11.1. The SMILES string of the molecule is Cc1ncc(CC(=O)N[C@H]2CC[C@H](CCN3CCc4ccc(OCC(C)F)nc4CC3)CC2)s1. The highest BCUT2D eigenvalue weighted by atomic mass is 32.1. The van der Waals surface area contributed by atoms with Crippen LogP contribution in [0.4, 0.5) is 4.39 Å². The first-order valence-electron chi connectivity index (χ1n) is 12.6. The van der Waals surface area contributed by atoms with E-state index in [0.717, 1.165) is 66.8 Å². The minimum atomic E-state index is -0.990. The Morgan fingerprint density at radius 2 is 2.06 bits per heavy atom. The number of rotatable bonds is 9. The molecule has 8 heteroatoms. The molecular formula is C26H37FN4O2S. The van der Waals surface area contributed by atoms with Gasteiger partial charge >= 0.3 is 0 Å². The van der Waals surface area contributed by atoms with Gasteiger partial charge in [-0.25, -0.2) is 14.4 Å². The van der Waals surface area contributed by atoms with Gasteiger partial charge in [0.15, 0.2) is 0 Å². The average Bonchev–Trinajstić information content (AvgIpc) is 3.11. The van der Waals surface area contributed by atoms with Crippen molar-refractivity contribution in [3.8, 4) is 5.88 Å². The molecule has 1 fully saturated rings. The van der Waals surface area contributed by atoms with Crippen molar-refractivity contribution in [2.24, 2.45) is 5.92 Å². The molecule has 1 saturated carbocycles. The summed E-state index contributed by atoms with van der Waals surface area (Å²) in [6.07, 6.45) is 8.93. The van der Waals surface area contributed by atoms with E-state index in [4.69, 9.17) is 4.74 Å². The molecule has 1 amide bonds. The van der Waals surface area contributed by atoms with Gasteiger partial charge in [-0.2, -0.15) is 0 Å². The summed E-state index contributed by atoms with van der Waals surface area (Å²) in [5, 5.41) is 4.24. The van der Waals surface area contributed by atoms with Crippen LogP contribution in [0.1, 0.15) is 60.2 Å². The van der Waals surface area contributed by atoms with Gasteiger partial charge in [0.25, 0.3) is 0 Å². The van der Waals surface area contributed by atoms with Crippen LogP contribution in [0, 0.1) is 12.8 Å². The van der Waals surface area contributed by atoms with Gasteiger partial charge in [-0.15, -0.1) is 11.3 Å². The molecule has 1 unspecified atom stereocenters. The van der Waals surface area contributed by atoms with Crippen LogP contribution < -0.4 is 10.1 Å². The van der Waals surface area contributed by atoms with Gasteiger partial charge in [0, 0.05) is 48.4 Å². The Morgan fingerprint density at radius 3 is 2.79 bits per heavy atom. The van der Waals surface area contributed by atoms with Crippen LogP contribution in [0.5, 0.6) is 5.88 Å². The molecule has 1 aliphatic carbocycles. The number of carbonyl (C=O) groups is 1. The van der Waals surface area contributed by atoms with E-state index in [-0.39, 0.29) is 12.5 Å². The number of halogens is 1. The lowest BCUT2D eigenvalue weighted by Gasteiger charge is -2.30. The van der Waals surface area contributed by atoms with E-state index in [1.807, 2.05) is 19.2 Å². The molecular weight excluding hydrogens is 451 g/mol. The van der Waals surface area contributed by atoms with Crippen LogP contribution in [0.2, 0.25) is 0 Å². The minimum absolute atomic E-state index is 0.0512. The number of aryl methyl sites for hydroxylation is 1. The predicted molar refractivity (Wildman–Crippen MR) is 133 cm³/mol. The Hall–Kier alpha value is -2.06. The standard InChI is InChI=1S/C26H37FN4O2S/c1-18(27)17-33-26-8-5-21-10-13-31(14-11-24(21)30-26)12-9-20-3-6-22(7-4-20)29-25(32)15-23-16-28-19(2)34-23/h5,8,16,18,20,22H,3-4,6-7,9-15,17H2,1-2H3,(H,29,32)/t18?,20-,22-. The average molecular weight is 489 g/mol. The summed E-state index contributed by atoms with van der Waals surface area (Å²) in [4.78, 5) is 24.8. The molecule has 1 N–H and O–H groups in total. The monoisotopic (exact) mass is 488 g/mol. The highest BCUT2D eigenvalue weighted by Gasteiger charge is 2.24. The van der Waals surface area contributed by atoms with Crippen molar-refractivity contribution in [2.75, 3.05) is 26.2 Å². The Labute approximate surface area is 206 Å². The molecule has 34 heavy (non-hydrogen) atoms. The van der Waals surface area contributed by atoms with Crippen molar-refractivity contribution in [3.63, 3.8) is 0 Å². The molecule has 0 aromatic carbocycles. The molecule has 3 heterocycles. The Balaban J connectivity index is 1.15. The summed E-state index contributed by atoms with van der Waals surface area (Å²) >= 11 is 1.60. The Kier molecular flexibility index (Phi) is 8.89. The van der Waals surface area contributed by atoms with Gasteiger partial charge in [0.2, 0.25) is 11.8 Å². The highest BCUT2D eigenvalue weighted by molar-refractivity contribution is 7.11. The van der Waals surface area contributed by atoms with Crippen molar-refractivity contribution in [1.82, 2.24) is 20.2 Å². The molecule has 1 aliphatic heterocycles. The zero-order valence-corrected chi connectivity index (χ0v) is 21.2. The number of pyridine rings is 1. The predicted octanol–water partition coefficient (Wildman–Crippen LogP) is 4.29. The zero-order chi connectivity index (χ0) is 23.9. The highest BCUT2D eigenvalue weighted by Crippen LogP contribution is 2.28. The summed E-state index contributed by atoms with van der Waals surface area (Å²) in [5.74, 6) is 1.39. The number of fused-ring (bicyclic) bond motifs is 1. The van der Waals surface area contributed by atoms with E-state index in [9.17, 15) is 9.18 Å². The molecule has 0 spiro atoms. The molecule has 2 aliphatic rings. The number of ether oxygens (including phenoxy) is 1. The second-order valence-electron chi connectivity index (χ2n) is 9.78. The summed E-state index contributed by atoms with van der Waals surface area (Å²) < 4.78 is 18.5. The van der Waals surface area contributed by atoms with Crippen molar-refractivity contribution in [1.29, 1.82) is 0 Å².